The number of allylic oxidation sites excluding steroid dienone is 4. The molecule has 0 atom stereocenters. The molecule has 0 fully saturated rings. The van der Waals surface area contributed by atoms with Crippen LogP contribution >= 0.6 is 0 Å². The maximum Gasteiger partial charge on any atom is 0.189 e. The number of Topliss-reactive ketones (excluding diaryl/α,β-unsaturated/α-hetero) is 1. The Morgan fingerprint density at radius 3 is 2.93 bits per heavy atom. The van der Waals surface area contributed by atoms with Crippen LogP contribution in [0, 0.1) is 0 Å². The van der Waals surface area contributed by atoms with Crippen molar-refractivity contribution in [3.05, 3.63) is 53.6 Å². The van der Waals surface area contributed by atoms with E-state index in [1.807, 2.05) is 36.4 Å². The van der Waals surface area contributed by atoms with Crippen LogP contribution in [0.4, 0.5) is 0 Å². The van der Waals surface area contributed by atoms with Gasteiger partial charge in [-0.25, -0.2) is 0 Å². The molecule has 0 aliphatic heterocycles. The molecule has 1 aromatic rings. The lowest BCUT2D eigenvalue weighted by Crippen LogP contribution is -2.01. The van der Waals surface area contributed by atoms with Gasteiger partial charge in [0.05, 0.1) is 7.11 Å². The number of carbonyl (C=O) groups is 1. The molecular weight excluding hydrogens is 188 g/mol. The summed E-state index contributed by atoms with van der Waals surface area (Å²) in [5.41, 5.74) is 1.52. The highest BCUT2D eigenvalue weighted by atomic mass is 16.5. The summed E-state index contributed by atoms with van der Waals surface area (Å²) >= 11 is 0. The SMILES string of the molecule is COc1cccc(C(=O)C2=CC=CC2)c1. The predicted octanol–water partition coefficient (Wildman–Crippen LogP) is 2.76. The summed E-state index contributed by atoms with van der Waals surface area (Å²) in [6.07, 6.45) is 6.48. The fourth-order valence-corrected chi connectivity index (χ4v) is 1.57. The summed E-state index contributed by atoms with van der Waals surface area (Å²) in [6, 6.07) is 7.23. The molecule has 0 bridgehead atoms. The lowest BCUT2D eigenvalue weighted by atomic mass is 10.0. The first-order valence-electron chi connectivity index (χ1n) is 4.86. The summed E-state index contributed by atoms with van der Waals surface area (Å²) in [6.45, 7) is 0. The number of carbonyl (C=O) groups excluding carboxylic acids is 1. The molecule has 76 valence electrons. The molecular formula is C13H12O2. The lowest BCUT2D eigenvalue weighted by Gasteiger charge is -2.04. The van der Waals surface area contributed by atoms with Crippen LogP contribution in [0.25, 0.3) is 0 Å². The average Bonchev–Trinajstić information content (AvgIpc) is 2.81. The van der Waals surface area contributed by atoms with Gasteiger partial charge in [-0.2, -0.15) is 0 Å². The Kier molecular flexibility index (Phi) is 2.68. The number of hydrogen-bond acceptors (Lipinski definition) is 2. The number of rotatable bonds is 3. The Labute approximate surface area is 88.9 Å². The maximum absolute atomic E-state index is 12.0. The van der Waals surface area contributed by atoms with Crippen molar-refractivity contribution in [2.45, 2.75) is 6.42 Å². The Hall–Kier alpha value is -1.83. The molecule has 0 aromatic heterocycles. The van der Waals surface area contributed by atoms with Gasteiger partial charge in [-0.15, -0.1) is 0 Å². The van der Waals surface area contributed by atoms with Gasteiger partial charge in [0.1, 0.15) is 5.75 Å². The fourth-order valence-electron chi connectivity index (χ4n) is 1.57. The second kappa shape index (κ2) is 4.13. The van der Waals surface area contributed by atoms with Gasteiger partial charge in [0.25, 0.3) is 0 Å². The highest BCUT2D eigenvalue weighted by molar-refractivity contribution is 6.09. The summed E-state index contributed by atoms with van der Waals surface area (Å²) < 4.78 is 5.08. The molecule has 0 saturated heterocycles. The maximum atomic E-state index is 12.0. The van der Waals surface area contributed by atoms with Crippen molar-refractivity contribution >= 4 is 5.78 Å². The topological polar surface area (TPSA) is 26.3 Å². The molecule has 2 rings (SSSR count). The highest BCUT2D eigenvalue weighted by Crippen LogP contribution is 2.19. The molecule has 0 spiro atoms. The summed E-state index contributed by atoms with van der Waals surface area (Å²) in [5, 5.41) is 0. The van der Waals surface area contributed by atoms with Crippen LogP contribution in [0.3, 0.4) is 0 Å². The van der Waals surface area contributed by atoms with Crippen molar-refractivity contribution in [1.29, 1.82) is 0 Å². The molecule has 15 heavy (non-hydrogen) atoms. The van der Waals surface area contributed by atoms with Crippen molar-refractivity contribution in [3.63, 3.8) is 0 Å². The Morgan fingerprint density at radius 1 is 1.40 bits per heavy atom. The van der Waals surface area contributed by atoms with E-state index in [2.05, 4.69) is 0 Å². The molecule has 0 saturated carbocycles. The second-order valence-corrected chi connectivity index (χ2v) is 3.39. The molecule has 1 aliphatic carbocycles. The summed E-state index contributed by atoms with van der Waals surface area (Å²) in [7, 11) is 1.60. The highest BCUT2D eigenvalue weighted by Gasteiger charge is 2.12. The molecule has 0 unspecified atom stereocenters. The number of hydrogen-bond donors (Lipinski definition) is 0. The van der Waals surface area contributed by atoms with Gasteiger partial charge in [-0.05, 0) is 18.6 Å². The number of methoxy groups -OCH3 is 1. The molecule has 0 N–H and O–H groups in total. The van der Waals surface area contributed by atoms with Crippen LogP contribution in [0.1, 0.15) is 16.8 Å². The van der Waals surface area contributed by atoms with E-state index in [9.17, 15) is 4.79 Å². The molecule has 1 aromatic carbocycles. The van der Waals surface area contributed by atoms with Crippen molar-refractivity contribution in [3.8, 4) is 5.75 Å². The van der Waals surface area contributed by atoms with Gasteiger partial charge in [0.15, 0.2) is 5.78 Å². The first kappa shape index (κ1) is 9.71. The molecule has 2 nitrogen and oxygen atoms in total. The van der Waals surface area contributed by atoms with Crippen LogP contribution in [-0.2, 0) is 0 Å². The smallest absolute Gasteiger partial charge is 0.189 e. The molecule has 0 amide bonds. The third-order valence-corrected chi connectivity index (χ3v) is 2.39. The lowest BCUT2D eigenvalue weighted by molar-refractivity contribution is 0.103. The van der Waals surface area contributed by atoms with Gasteiger partial charge in [0, 0.05) is 11.1 Å². The first-order chi connectivity index (χ1) is 7.31. The minimum Gasteiger partial charge on any atom is -0.497 e. The minimum absolute atomic E-state index is 0.0823. The van der Waals surface area contributed by atoms with Crippen LogP contribution < -0.4 is 4.74 Å². The van der Waals surface area contributed by atoms with Crippen LogP contribution in [0.5, 0.6) is 5.75 Å². The zero-order valence-electron chi connectivity index (χ0n) is 8.57. The number of benzene rings is 1. The monoisotopic (exact) mass is 200 g/mol. The Morgan fingerprint density at radius 2 is 2.27 bits per heavy atom. The van der Waals surface area contributed by atoms with E-state index in [-0.39, 0.29) is 5.78 Å². The predicted molar refractivity (Wildman–Crippen MR) is 59.2 cm³/mol. The number of ketones is 1. The largest absolute Gasteiger partial charge is 0.497 e. The van der Waals surface area contributed by atoms with Crippen molar-refractivity contribution in [2.75, 3.05) is 7.11 Å². The van der Waals surface area contributed by atoms with Crippen molar-refractivity contribution < 1.29 is 9.53 Å². The van der Waals surface area contributed by atoms with E-state index in [0.29, 0.717) is 11.3 Å². The zero-order valence-corrected chi connectivity index (χ0v) is 8.57. The van der Waals surface area contributed by atoms with E-state index in [0.717, 1.165) is 12.0 Å². The van der Waals surface area contributed by atoms with Crippen molar-refractivity contribution in [2.24, 2.45) is 0 Å². The molecule has 0 heterocycles. The van der Waals surface area contributed by atoms with Gasteiger partial charge in [-0.3, -0.25) is 4.79 Å². The molecule has 2 heteroatoms. The third-order valence-electron chi connectivity index (χ3n) is 2.39. The van der Waals surface area contributed by atoms with Crippen molar-refractivity contribution in [1.82, 2.24) is 0 Å². The van der Waals surface area contributed by atoms with Crippen LogP contribution in [-0.4, -0.2) is 12.9 Å². The van der Waals surface area contributed by atoms with Gasteiger partial charge in [-0.1, -0.05) is 30.4 Å². The first-order valence-corrected chi connectivity index (χ1v) is 4.86. The van der Waals surface area contributed by atoms with Crippen LogP contribution in [0.2, 0.25) is 0 Å². The third kappa shape index (κ3) is 1.99. The summed E-state index contributed by atoms with van der Waals surface area (Å²) in [4.78, 5) is 12.0. The van der Waals surface area contributed by atoms with Gasteiger partial charge in [0.2, 0.25) is 0 Å². The van der Waals surface area contributed by atoms with E-state index in [1.165, 1.54) is 0 Å². The van der Waals surface area contributed by atoms with E-state index >= 15 is 0 Å². The van der Waals surface area contributed by atoms with Crippen LogP contribution in [0.15, 0.2) is 48.1 Å². The standard InChI is InChI=1S/C13H12O2/c1-15-12-8-4-7-11(9-12)13(14)10-5-2-3-6-10/h2-5,7-9H,6H2,1H3. The Bertz CT molecular complexity index is 442. The van der Waals surface area contributed by atoms with E-state index in [1.54, 1.807) is 13.2 Å². The second-order valence-electron chi connectivity index (χ2n) is 3.39. The minimum atomic E-state index is 0.0823. The van der Waals surface area contributed by atoms with E-state index in [4.69, 9.17) is 4.74 Å². The fraction of sp³-hybridized carbons (Fsp3) is 0.154. The summed E-state index contributed by atoms with van der Waals surface area (Å²) in [5.74, 6) is 0.798. The zero-order chi connectivity index (χ0) is 10.7. The quantitative estimate of drug-likeness (QED) is 0.701. The molecule has 0 radical (unpaired) electrons. The average molecular weight is 200 g/mol. The molecule has 1 aliphatic rings. The number of ether oxygens (including phenoxy) is 1. The van der Waals surface area contributed by atoms with E-state index < -0.39 is 0 Å². The normalized spacial score (nSPS) is 13.8. The van der Waals surface area contributed by atoms with Gasteiger partial charge < -0.3 is 4.74 Å². The van der Waals surface area contributed by atoms with Gasteiger partial charge >= 0.3 is 0 Å². The Balaban J connectivity index is 2.25.